The van der Waals surface area contributed by atoms with Crippen LogP contribution in [0, 0.1) is 6.92 Å². The number of aryl methyl sites for hydroxylation is 1. The Morgan fingerprint density at radius 1 is 1.00 bits per heavy atom. The predicted molar refractivity (Wildman–Crippen MR) is 71.6 cm³/mol. The Hall–Kier alpha value is -2.00. The van der Waals surface area contributed by atoms with Gasteiger partial charge in [0.15, 0.2) is 11.5 Å². The topological polar surface area (TPSA) is 66.5 Å². The lowest BCUT2D eigenvalue weighted by Crippen LogP contribution is -2.13. The van der Waals surface area contributed by atoms with Crippen LogP contribution >= 0.6 is 0 Å². The van der Waals surface area contributed by atoms with Gasteiger partial charge in [-0.25, -0.2) is 0 Å². The Morgan fingerprint density at radius 2 is 1.67 bits per heavy atom. The van der Waals surface area contributed by atoms with Gasteiger partial charge in [-0.05, 0) is 36.6 Å². The largest absolute Gasteiger partial charge is 0.504 e. The summed E-state index contributed by atoms with van der Waals surface area (Å²) in [4.78, 5) is 0. The SMILES string of the molecule is Cc1ccc(C(N)Cc2ccc(O)c(O)c2)cc1. The van der Waals surface area contributed by atoms with Crippen LogP contribution in [0.1, 0.15) is 22.7 Å². The molecular formula is C15H17NO2. The lowest BCUT2D eigenvalue weighted by Gasteiger charge is -2.13. The second kappa shape index (κ2) is 5.10. The van der Waals surface area contributed by atoms with Gasteiger partial charge in [0, 0.05) is 6.04 Å². The number of aromatic hydroxyl groups is 2. The van der Waals surface area contributed by atoms with Gasteiger partial charge in [0.1, 0.15) is 0 Å². The number of phenols is 2. The van der Waals surface area contributed by atoms with E-state index in [-0.39, 0.29) is 17.5 Å². The number of phenolic OH excluding ortho intramolecular Hbond substituents is 2. The van der Waals surface area contributed by atoms with Gasteiger partial charge in [-0.2, -0.15) is 0 Å². The molecule has 0 aliphatic heterocycles. The molecule has 0 aliphatic carbocycles. The molecule has 94 valence electrons. The van der Waals surface area contributed by atoms with E-state index in [1.54, 1.807) is 12.1 Å². The van der Waals surface area contributed by atoms with Crippen molar-refractivity contribution < 1.29 is 10.2 Å². The number of benzene rings is 2. The maximum absolute atomic E-state index is 9.43. The summed E-state index contributed by atoms with van der Waals surface area (Å²) >= 11 is 0. The summed E-state index contributed by atoms with van der Waals surface area (Å²) in [5.41, 5.74) is 9.29. The number of rotatable bonds is 3. The third-order valence-electron chi connectivity index (χ3n) is 3.00. The third-order valence-corrected chi connectivity index (χ3v) is 3.00. The average Bonchev–Trinajstić information content (AvgIpc) is 2.34. The summed E-state index contributed by atoms with van der Waals surface area (Å²) in [7, 11) is 0. The fourth-order valence-corrected chi connectivity index (χ4v) is 1.88. The minimum atomic E-state index is -0.116. The molecule has 3 nitrogen and oxygen atoms in total. The standard InChI is InChI=1S/C15H17NO2/c1-10-2-5-12(6-3-10)13(16)8-11-4-7-14(17)15(18)9-11/h2-7,9,13,17-18H,8,16H2,1H3. The Labute approximate surface area is 107 Å². The fraction of sp³-hybridized carbons (Fsp3) is 0.200. The van der Waals surface area contributed by atoms with Crippen LogP contribution in [0.2, 0.25) is 0 Å². The molecule has 4 N–H and O–H groups in total. The van der Waals surface area contributed by atoms with Gasteiger partial charge in [0.05, 0.1) is 0 Å². The fourth-order valence-electron chi connectivity index (χ4n) is 1.88. The predicted octanol–water partition coefficient (Wildman–Crippen LogP) is 2.65. The monoisotopic (exact) mass is 243 g/mol. The summed E-state index contributed by atoms with van der Waals surface area (Å²) in [6.45, 7) is 2.04. The van der Waals surface area contributed by atoms with Crippen LogP contribution in [0.3, 0.4) is 0 Å². The van der Waals surface area contributed by atoms with Gasteiger partial charge in [-0.3, -0.25) is 0 Å². The highest BCUT2D eigenvalue weighted by molar-refractivity contribution is 5.41. The molecule has 2 aromatic rings. The van der Waals surface area contributed by atoms with E-state index in [9.17, 15) is 10.2 Å². The van der Waals surface area contributed by atoms with Crippen LogP contribution in [-0.2, 0) is 6.42 Å². The first-order chi connectivity index (χ1) is 8.56. The molecule has 0 aliphatic rings. The molecule has 0 fully saturated rings. The molecule has 18 heavy (non-hydrogen) atoms. The van der Waals surface area contributed by atoms with E-state index in [1.807, 2.05) is 31.2 Å². The molecule has 0 spiro atoms. The van der Waals surface area contributed by atoms with Crippen LogP contribution in [0.4, 0.5) is 0 Å². The first-order valence-electron chi connectivity index (χ1n) is 5.89. The Kier molecular flexibility index (Phi) is 3.53. The maximum atomic E-state index is 9.43. The zero-order valence-electron chi connectivity index (χ0n) is 10.3. The van der Waals surface area contributed by atoms with Crippen molar-refractivity contribution in [2.45, 2.75) is 19.4 Å². The molecule has 1 atom stereocenters. The van der Waals surface area contributed by atoms with Gasteiger partial charge >= 0.3 is 0 Å². The molecule has 0 amide bonds. The molecule has 3 heteroatoms. The van der Waals surface area contributed by atoms with Gasteiger partial charge < -0.3 is 15.9 Å². The van der Waals surface area contributed by atoms with E-state index < -0.39 is 0 Å². The molecule has 0 aromatic heterocycles. The van der Waals surface area contributed by atoms with Crippen molar-refractivity contribution in [2.75, 3.05) is 0 Å². The van der Waals surface area contributed by atoms with E-state index in [0.717, 1.165) is 11.1 Å². The molecule has 0 radical (unpaired) electrons. The number of nitrogens with two attached hydrogens (primary N) is 1. The minimum absolute atomic E-state index is 0.108. The highest BCUT2D eigenvalue weighted by Crippen LogP contribution is 2.27. The Balaban J connectivity index is 2.13. The Morgan fingerprint density at radius 3 is 2.28 bits per heavy atom. The summed E-state index contributed by atoms with van der Waals surface area (Å²) in [6, 6.07) is 12.8. The van der Waals surface area contributed by atoms with Gasteiger partial charge in [0.2, 0.25) is 0 Å². The van der Waals surface area contributed by atoms with Gasteiger partial charge in [0.25, 0.3) is 0 Å². The Bertz CT molecular complexity index is 535. The molecule has 2 aromatic carbocycles. The molecule has 0 saturated carbocycles. The van der Waals surface area contributed by atoms with Crippen LogP contribution in [0.5, 0.6) is 11.5 Å². The normalized spacial score (nSPS) is 12.3. The average molecular weight is 243 g/mol. The van der Waals surface area contributed by atoms with Crippen molar-refractivity contribution in [1.82, 2.24) is 0 Å². The molecule has 0 bridgehead atoms. The first-order valence-corrected chi connectivity index (χ1v) is 5.89. The lowest BCUT2D eigenvalue weighted by molar-refractivity contribution is 0.403. The van der Waals surface area contributed by atoms with Crippen LogP contribution in [0.15, 0.2) is 42.5 Å². The second-order valence-corrected chi connectivity index (χ2v) is 4.54. The second-order valence-electron chi connectivity index (χ2n) is 4.54. The van der Waals surface area contributed by atoms with Crippen LogP contribution in [-0.4, -0.2) is 10.2 Å². The van der Waals surface area contributed by atoms with Crippen molar-refractivity contribution in [2.24, 2.45) is 5.73 Å². The number of hydrogen-bond donors (Lipinski definition) is 3. The van der Waals surface area contributed by atoms with E-state index in [4.69, 9.17) is 5.73 Å². The smallest absolute Gasteiger partial charge is 0.157 e. The van der Waals surface area contributed by atoms with E-state index >= 15 is 0 Å². The van der Waals surface area contributed by atoms with E-state index in [2.05, 4.69) is 0 Å². The van der Waals surface area contributed by atoms with Gasteiger partial charge in [-0.1, -0.05) is 35.9 Å². The van der Waals surface area contributed by atoms with Crippen molar-refractivity contribution >= 4 is 0 Å². The quantitative estimate of drug-likeness (QED) is 0.726. The number of hydrogen-bond acceptors (Lipinski definition) is 3. The van der Waals surface area contributed by atoms with Crippen molar-refractivity contribution in [1.29, 1.82) is 0 Å². The summed E-state index contributed by atoms with van der Waals surface area (Å²) in [5.74, 6) is -0.216. The minimum Gasteiger partial charge on any atom is -0.504 e. The third kappa shape index (κ3) is 2.81. The van der Waals surface area contributed by atoms with E-state index in [0.29, 0.717) is 6.42 Å². The summed E-state index contributed by atoms with van der Waals surface area (Å²) < 4.78 is 0. The molecule has 1 unspecified atom stereocenters. The molecule has 0 heterocycles. The zero-order chi connectivity index (χ0) is 13.1. The highest BCUT2D eigenvalue weighted by atomic mass is 16.3. The first kappa shape index (κ1) is 12.5. The van der Waals surface area contributed by atoms with E-state index in [1.165, 1.54) is 11.6 Å². The van der Waals surface area contributed by atoms with Crippen molar-refractivity contribution in [3.8, 4) is 11.5 Å². The lowest BCUT2D eigenvalue weighted by atomic mass is 9.99. The summed E-state index contributed by atoms with van der Waals surface area (Å²) in [6.07, 6.45) is 0.622. The van der Waals surface area contributed by atoms with Crippen LogP contribution in [0.25, 0.3) is 0 Å². The zero-order valence-corrected chi connectivity index (χ0v) is 10.3. The maximum Gasteiger partial charge on any atom is 0.157 e. The van der Waals surface area contributed by atoms with Crippen molar-refractivity contribution in [3.63, 3.8) is 0 Å². The van der Waals surface area contributed by atoms with Crippen molar-refractivity contribution in [3.05, 3.63) is 59.2 Å². The van der Waals surface area contributed by atoms with Gasteiger partial charge in [-0.15, -0.1) is 0 Å². The molecule has 0 saturated heterocycles. The molecular weight excluding hydrogens is 226 g/mol. The molecule has 2 rings (SSSR count). The van der Waals surface area contributed by atoms with Crippen LogP contribution < -0.4 is 5.73 Å². The highest BCUT2D eigenvalue weighted by Gasteiger charge is 2.08. The summed E-state index contributed by atoms with van der Waals surface area (Å²) in [5, 5.41) is 18.7.